The largest absolute Gasteiger partial charge is 0.479 e. The van der Waals surface area contributed by atoms with Crippen LogP contribution in [0.3, 0.4) is 0 Å². The van der Waals surface area contributed by atoms with E-state index < -0.39 is 11.6 Å². The Hall–Kier alpha value is -3.33. The van der Waals surface area contributed by atoms with Crippen LogP contribution in [0.15, 0.2) is 36.5 Å². The Balaban J connectivity index is 1.35. The van der Waals surface area contributed by atoms with Crippen molar-refractivity contribution in [2.45, 2.75) is 13.8 Å². The topological polar surface area (TPSA) is 70.3 Å². The average molecular weight is 426 g/mol. The maximum absolute atomic E-state index is 13.5. The van der Waals surface area contributed by atoms with Crippen molar-refractivity contribution in [3.8, 4) is 11.8 Å². The summed E-state index contributed by atoms with van der Waals surface area (Å²) in [6.07, 6.45) is 5.85. The van der Waals surface area contributed by atoms with Crippen LogP contribution >= 0.6 is 0 Å². The Morgan fingerprint density at radius 2 is 1.71 bits per heavy atom. The predicted molar refractivity (Wildman–Crippen MR) is 114 cm³/mol. The van der Waals surface area contributed by atoms with Gasteiger partial charge in [-0.1, -0.05) is 12.2 Å². The second-order valence-electron chi connectivity index (χ2n) is 7.58. The molecule has 162 valence electrons. The van der Waals surface area contributed by atoms with Crippen LogP contribution in [-0.4, -0.2) is 62.5 Å². The van der Waals surface area contributed by atoms with E-state index in [2.05, 4.69) is 26.0 Å². The van der Waals surface area contributed by atoms with Crippen molar-refractivity contribution >= 4 is 11.8 Å². The zero-order chi connectivity index (χ0) is 22.0. The minimum absolute atomic E-state index is 0.276. The zero-order valence-corrected chi connectivity index (χ0v) is 17.5. The Morgan fingerprint density at radius 1 is 1.00 bits per heavy atom. The molecule has 0 aliphatic carbocycles. The van der Waals surface area contributed by atoms with Crippen LogP contribution in [0.25, 0.3) is 11.9 Å². The summed E-state index contributed by atoms with van der Waals surface area (Å²) in [6, 6.07) is 5.12. The molecule has 2 aromatic heterocycles. The number of aromatic hydroxyl groups is 1. The summed E-state index contributed by atoms with van der Waals surface area (Å²) in [5, 5.41) is 14.0. The molecule has 1 aliphatic heterocycles. The molecule has 1 aromatic carbocycles. The van der Waals surface area contributed by atoms with Crippen molar-refractivity contribution in [3.63, 3.8) is 0 Å². The SMILES string of the molecule is Cc1cc(-n2ncc(C=CCN3CCN(c4cc(F)cc(F)c4)CC3)c2C)nc(O)n1. The third kappa shape index (κ3) is 4.88. The second kappa shape index (κ2) is 8.81. The molecule has 0 saturated carbocycles. The van der Waals surface area contributed by atoms with Gasteiger partial charge in [-0.15, -0.1) is 0 Å². The first-order valence-electron chi connectivity index (χ1n) is 10.1. The molecule has 0 spiro atoms. The lowest BCUT2D eigenvalue weighted by molar-refractivity contribution is 0.284. The molecule has 0 unspecified atom stereocenters. The lowest BCUT2D eigenvalue weighted by Crippen LogP contribution is -2.46. The summed E-state index contributed by atoms with van der Waals surface area (Å²) < 4.78 is 28.6. The van der Waals surface area contributed by atoms with E-state index in [1.807, 2.05) is 17.9 Å². The van der Waals surface area contributed by atoms with Gasteiger partial charge in [0.05, 0.1) is 11.9 Å². The third-order valence-corrected chi connectivity index (χ3v) is 5.34. The number of halogens is 2. The van der Waals surface area contributed by atoms with Gasteiger partial charge in [0.2, 0.25) is 0 Å². The van der Waals surface area contributed by atoms with Gasteiger partial charge in [0.1, 0.15) is 11.6 Å². The molecule has 1 aliphatic rings. The van der Waals surface area contributed by atoms with E-state index >= 15 is 0 Å². The lowest BCUT2D eigenvalue weighted by Gasteiger charge is -2.35. The Kier molecular flexibility index (Phi) is 5.94. The number of piperazine rings is 1. The second-order valence-corrected chi connectivity index (χ2v) is 7.58. The van der Waals surface area contributed by atoms with Gasteiger partial charge >= 0.3 is 6.01 Å². The van der Waals surface area contributed by atoms with Crippen LogP contribution in [-0.2, 0) is 0 Å². The van der Waals surface area contributed by atoms with Crippen LogP contribution in [0.2, 0.25) is 0 Å². The number of aromatic nitrogens is 4. The molecule has 1 saturated heterocycles. The summed E-state index contributed by atoms with van der Waals surface area (Å²) >= 11 is 0. The van der Waals surface area contributed by atoms with E-state index in [-0.39, 0.29) is 6.01 Å². The first-order chi connectivity index (χ1) is 14.9. The van der Waals surface area contributed by atoms with Crippen LogP contribution in [0.5, 0.6) is 6.01 Å². The first-order valence-corrected chi connectivity index (χ1v) is 10.1. The zero-order valence-electron chi connectivity index (χ0n) is 17.5. The fourth-order valence-corrected chi connectivity index (χ4v) is 3.70. The molecular formula is C22H24F2N6O. The van der Waals surface area contributed by atoms with Crippen molar-refractivity contribution < 1.29 is 13.9 Å². The van der Waals surface area contributed by atoms with Crippen molar-refractivity contribution in [3.05, 3.63) is 65.1 Å². The molecule has 3 aromatic rings. The Labute approximate surface area is 179 Å². The third-order valence-electron chi connectivity index (χ3n) is 5.34. The van der Waals surface area contributed by atoms with E-state index in [0.717, 1.165) is 37.0 Å². The van der Waals surface area contributed by atoms with E-state index in [1.54, 1.807) is 23.9 Å². The number of rotatable bonds is 5. The van der Waals surface area contributed by atoms with Gasteiger partial charge in [-0.25, -0.2) is 18.4 Å². The molecule has 0 bridgehead atoms. The van der Waals surface area contributed by atoms with Crippen molar-refractivity contribution in [1.82, 2.24) is 24.6 Å². The summed E-state index contributed by atoms with van der Waals surface area (Å²) in [5.41, 5.74) is 3.12. The van der Waals surface area contributed by atoms with E-state index in [4.69, 9.17) is 0 Å². The molecule has 1 N–H and O–H groups in total. The van der Waals surface area contributed by atoms with Crippen LogP contribution in [0, 0.1) is 25.5 Å². The highest BCUT2D eigenvalue weighted by Gasteiger charge is 2.17. The number of benzene rings is 1. The maximum atomic E-state index is 13.5. The summed E-state index contributed by atoms with van der Waals surface area (Å²) in [6.45, 7) is 7.53. The predicted octanol–water partition coefficient (Wildman–Crippen LogP) is 3.10. The standard InChI is InChI=1S/C22H24F2N6O/c1-15-10-21(27-22(31)26-15)30-16(2)17(14-25-30)4-3-5-28-6-8-29(9-7-28)20-12-18(23)11-19(24)13-20/h3-4,10-14H,5-9H2,1-2H3,(H,26,27,31). The van der Waals surface area contributed by atoms with Gasteiger partial charge < -0.3 is 10.0 Å². The normalized spacial score (nSPS) is 15.2. The van der Waals surface area contributed by atoms with Crippen molar-refractivity contribution in [2.75, 3.05) is 37.6 Å². The van der Waals surface area contributed by atoms with Gasteiger partial charge in [-0.05, 0) is 26.0 Å². The smallest absolute Gasteiger partial charge is 0.316 e. The highest BCUT2D eigenvalue weighted by molar-refractivity contribution is 5.52. The molecular weight excluding hydrogens is 402 g/mol. The molecule has 31 heavy (non-hydrogen) atoms. The Morgan fingerprint density at radius 3 is 2.39 bits per heavy atom. The van der Waals surface area contributed by atoms with E-state index in [0.29, 0.717) is 30.3 Å². The van der Waals surface area contributed by atoms with Crippen LogP contribution in [0.4, 0.5) is 14.5 Å². The minimum Gasteiger partial charge on any atom is -0.479 e. The molecule has 1 fully saturated rings. The molecule has 4 rings (SSSR count). The van der Waals surface area contributed by atoms with Crippen LogP contribution < -0.4 is 4.90 Å². The highest BCUT2D eigenvalue weighted by atomic mass is 19.1. The van der Waals surface area contributed by atoms with E-state index in [1.165, 1.54) is 12.1 Å². The fraction of sp³-hybridized carbons (Fsp3) is 0.318. The van der Waals surface area contributed by atoms with Crippen LogP contribution in [0.1, 0.15) is 17.0 Å². The number of hydrogen-bond donors (Lipinski definition) is 1. The first kappa shape index (κ1) is 20.9. The molecule has 7 nitrogen and oxygen atoms in total. The number of hydrogen-bond acceptors (Lipinski definition) is 6. The highest BCUT2D eigenvalue weighted by Crippen LogP contribution is 2.20. The Bertz CT molecular complexity index is 1060. The fourth-order valence-electron chi connectivity index (χ4n) is 3.70. The number of aryl methyl sites for hydroxylation is 1. The molecule has 0 atom stereocenters. The lowest BCUT2D eigenvalue weighted by atomic mass is 10.2. The van der Waals surface area contributed by atoms with Crippen molar-refractivity contribution in [1.29, 1.82) is 0 Å². The van der Waals surface area contributed by atoms with Gasteiger partial charge in [-0.3, -0.25) is 4.90 Å². The number of nitrogens with zero attached hydrogens (tertiary/aromatic N) is 6. The maximum Gasteiger partial charge on any atom is 0.316 e. The van der Waals surface area contributed by atoms with Gasteiger partial charge in [0, 0.05) is 61.8 Å². The van der Waals surface area contributed by atoms with Gasteiger partial charge in [0.25, 0.3) is 0 Å². The van der Waals surface area contributed by atoms with Gasteiger partial charge in [0.15, 0.2) is 5.82 Å². The monoisotopic (exact) mass is 426 g/mol. The molecule has 0 amide bonds. The molecule has 3 heterocycles. The van der Waals surface area contributed by atoms with Gasteiger partial charge in [-0.2, -0.15) is 10.1 Å². The van der Waals surface area contributed by atoms with Crippen molar-refractivity contribution in [2.24, 2.45) is 0 Å². The minimum atomic E-state index is -0.552. The summed E-state index contributed by atoms with van der Waals surface area (Å²) in [5.74, 6) is -0.584. The number of anilines is 1. The van der Waals surface area contributed by atoms with E-state index in [9.17, 15) is 13.9 Å². The summed E-state index contributed by atoms with van der Waals surface area (Å²) in [4.78, 5) is 12.2. The quantitative estimate of drug-likeness (QED) is 0.676. The molecule has 9 heteroatoms. The summed E-state index contributed by atoms with van der Waals surface area (Å²) in [7, 11) is 0. The average Bonchev–Trinajstić information content (AvgIpc) is 3.07. The molecule has 0 radical (unpaired) electrons.